The van der Waals surface area contributed by atoms with Crippen LogP contribution in [0.1, 0.15) is 20.8 Å². The van der Waals surface area contributed by atoms with Gasteiger partial charge in [-0.05, 0) is 45.1 Å². The van der Waals surface area contributed by atoms with Crippen molar-refractivity contribution in [2.75, 3.05) is 24.6 Å². The zero-order chi connectivity index (χ0) is 22.5. The highest BCUT2D eigenvalue weighted by molar-refractivity contribution is 8.26. The van der Waals surface area contributed by atoms with Gasteiger partial charge in [0.2, 0.25) is 0 Å². The van der Waals surface area contributed by atoms with Gasteiger partial charge in [0, 0.05) is 17.0 Å². The predicted molar refractivity (Wildman–Crippen MR) is 129 cm³/mol. The molecule has 6 nitrogen and oxygen atoms in total. The van der Waals surface area contributed by atoms with Crippen LogP contribution < -0.4 is 4.90 Å². The van der Waals surface area contributed by atoms with Crippen molar-refractivity contribution in [3.63, 3.8) is 0 Å². The first-order chi connectivity index (χ1) is 14.9. The number of para-hydroxylation sites is 1. The smallest absolute Gasteiger partial charge is 0.326 e. The number of carbonyl (C=O) groups excluding carboxylic acids is 3. The fraction of sp³-hybridized carbons (Fsp3) is 0.273. The van der Waals surface area contributed by atoms with E-state index in [0.717, 1.165) is 29.0 Å². The summed E-state index contributed by atoms with van der Waals surface area (Å²) in [5.74, 6) is -1.24. The van der Waals surface area contributed by atoms with Gasteiger partial charge in [-0.25, -0.2) is 0 Å². The lowest BCUT2D eigenvalue weighted by molar-refractivity contribution is -0.145. The highest BCUT2D eigenvalue weighted by Gasteiger charge is 2.36. The highest BCUT2D eigenvalue weighted by atomic mass is 32.2. The molecule has 31 heavy (non-hydrogen) atoms. The molecule has 0 saturated carbocycles. The zero-order valence-corrected chi connectivity index (χ0v) is 19.9. The SMILES string of the molecule is CCOC(=O)CN1C(=O)/C(=C(/C=C/C=C2\Sc3ccccc3N2CC)C(C)=O)SC1=S. The maximum absolute atomic E-state index is 12.8. The minimum absolute atomic E-state index is 0.218. The molecule has 9 heteroatoms. The average molecular weight is 475 g/mol. The van der Waals surface area contributed by atoms with Crippen molar-refractivity contribution < 1.29 is 19.1 Å². The number of carbonyl (C=O) groups is 3. The van der Waals surface area contributed by atoms with E-state index < -0.39 is 11.9 Å². The van der Waals surface area contributed by atoms with Gasteiger partial charge >= 0.3 is 5.97 Å². The van der Waals surface area contributed by atoms with E-state index in [9.17, 15) is 14.4 Å². The van der Waals surface area contributed by atoms with Gasteiger partial charge in [0.25, 0.3) is 5.91 Å². The Balaban J connectivity index is 1.84. The Bertz CT molecular complexity index is 1030. The number of thiocarbonyl (C=S) groups is 1. The number of nitrogens with zero attached hydrogens (tertiary/aromatic N) is 2. The fourth-order valence-electron chi connectivity index (χ4n) is 3.12. The van der Waals surface area contributed by atoms with Crippen molar-refractivity contribution in [1.29, 1.82) is 0 Å². The van der Waals surface area contributed by atoms with Crippen LogP contribution in [0.2, 0.25) is 0 Å². The van der Waals surface area contributed by atoms with Crippen LogP contribution in [0.15, 0.2) is 62.9 Å². The third-order valence-corrected chi connectivity index (χ3v) is 7.11. The van der Waals surface area contributed by atoms with Crippen LogP contribution >= 0.6 is 35.7 Å². The molecule has 0 radical (unpaired) electrons. The molecule has 1 fully saturated rings. The van der Waals surface area contributed by atoms with Gasteiger partial charge in [0.1, 0.15) is 10.9 Å². The number of benzene rings is 1. The van der Waals surface area contributed by atoms with E-state index in [1.165, 1.54) is 16.7 Å². The van der Waals surface area contributed by atoms with Crippen molar-refractivity contribution >= 4 is 63.4 Å². The summed E-state index contributed by atoms with van der Waals surface area (Å²) < 4.78 is 5.13. The molecule has 2 aliphatic rings. The molecule has 0 aliphatic carbocycles. The second kappa shape index (κ2) is 10.3. The summed E-state index contributed by atoms with van der Waals surface area (Å²) in [5, 5.41) is 1.04. The first-order valence-electron chi connectivity index (χ1n) is 9.74. The van der Waals surface area contributed by atoms with E-state index in [-0.39, 0.29) is 33.7 Å². The van der Waals surface area contributed by atoms with Crippen LogP contribution in [0.5, 0.6) is 0 Å². The minimum Gasteiger partial charge on any atom is -0.465 e. The Morgan fingerprint density at radius 3 is 2.58 bits per heavy atom. The van der Waals surface area contributed by atoms with Gasteiger partial charge in [-0.15, -0.1) is 0 Å². The number of amides is 1. The number of ether oxygens (including phenoxy) is 1. The molecular formula is C22H22N2O4S3. The molecule has 0 spiro atoms. The van der Waals surface area contributed by atoms with E-state index in [0.29, 0.717) is 0 Å². The molecule has 1 amide bonds. The molecule has 1 aromatic rings. The molecule has 1 saturated heterocycles. The molecule has 1 aromatic carbocycles. The Kier molecular flexibility index (Phi) is 7.74. The maximum atomic E-state index is 12.8. The molecule has 0 unspecified atom stereocenters. The van der Waals surface area contributed by atoms with Crippen molar-refractivity contribution in [1.82, 2.24) is 4.90 Å². The van der Waals surface area contributed by atoms with E-state index in [1.54, 1.807) is 30.8 Å². The van der Waals surface area contributed by atoms with Crippen LogP contribution in [0.3, 0.4) is 0 Å². The Hall–Kier alpha value is -2.36. The minimum atomic E-state index is -0.540. The normalized spacial score (nSPS) is 18.9. The summed E-state index contributed by atoms with van der Waals surface area (Å²) in [6, 6.07) is 8.16. The Morgan fingerprint density at radius 2 is 1.90 bits per heavy atom. The number of esters is 1. The monoisotopic (exact) mass is 474 g/mol. The standard InChI is InChI=1S/C22H22N2O4S3/c1-4-23-16-10-6-7-11-17(16)30-18(23)12-8-9-15(14(3)25)20-21(27)24(22(29)31-20)13-19(26)28-5-2/h6-12H,4-5,13H2,1-3H3/b9-8+,18-12-,20-15+. The second-order valence-corrected chi connectivity index (χ2v) is 9.25. The number of ketones is 1. The first kappa shape index (κ1) is 23.3. The van der Waals surface area contributed by atoms with Crippen LogP contribution in [0, 0.1) is 0 Å². The third kappa shape index (κ3) is 5.11. The number of Topliss-reactive ketones (excluding diaryl/α,β-unsaturated/α-hetero) is 1. The number of anilines is 1. The fourth-order valence-corrected chi connectivity index (χ4v) is 5.60. The van der Waals surface area contributed by atoms with Gasteiger partial charge in [-0.2, -0.15) is 0 Å². The van der Waals surface area contributed by atoms with E-state index in [4.69, 9.17) is 17.0 Å². The topological polar surface area (TPSA) is 66.9 Å². The summed E-state index contributed by atoms with van der Waals surface area (Å²) in [7, 11) is 0. The first-order valence-corrected chi connectivity index (χ1v) is 11.8. The van der Waals surface area contributed by atoms with Gasteiger partial charge in [-0.1, -0.05) is 54.0 Å². The number of hydrogen-bond donors (Lipinski definition) is 0. The number of rotatable bonds is 7. The van der Waals surface area contributed by atoms with Crippen molar-refractivity contribution in [3.8, 4) is 0 Å². The van der Waals surface area contributed by atoms with Crippen LogP contribution in [-0.2, 0) is 19.1 Å². The van der Waals surface area contributed by atoms with Crippen LogP contribution in [0.25, 0.3) is 0 Å². The van der Waals surface area contributed by atoms with Gasteiger partial charge in [-0.3, -0.25) is 19.3 Å². The lowest BCUT2D eigenvalue weighted by Gasteiger charge is -2.17. The lowest BCUT2D eigenvalue weighted by atomic mass is 10.1. The molecule has 3 rings (SSSR count). The number of fused-ring (bicyclic) bond motifs is 1. The van der Waals surface area contributed by atoms with Gasteiger partial charge < -0.3 is 9.64 Å². The van der Waals surface area contributed by atoms with E-state index in [1.807, 2.05) is 18.2 Å². The predicted octanol–water partition coefficient (Wildman–Crippen LogP) is 4.28. The summed E-state index contributed by atoms with van der Waals surface area (Å²) in [4.78, 5) is 41.6. The average Bonchev–Trinajstić information content (AvgIpc) is 3.22. The molecule has 0 N–H and O–H groups in total. The number of thioether (sulfide) groups is 2. The molecular weight excluding hydrogens is 452 g/mol. The summed E-state index contributed by atoms with van der Waals surface area (Å²) >= 11 is 7.93. The largest absolute Gasteiger partial charge is 0.465 e. The molecule has 2 aliphatic heterocycles. The zero-order valence-electron chi connectivity index (χ0n) is 17.4. The quantitative estimate of drug-likeness (QED) is 0.330. The lowest BCUT2D eigenvalue weighted by Crippen LogP contribution is -2.34. The van der Waals surface area contributed by atoms with Gasteiger partial charge in [0.15, 0.2) is 5.78 Å². The second-order valence-electron chi connectivity index (χ2n) is 6.54. The van der Waals surface area contributed by atoms with Crippen molar-refractivity contribution in [3.05, 3.63) is 58.0 Å². The molecule has 162 valence electrons. The summed E-state index contributed by atoms with van der Waals surface area (Å²) in [6.45, 7) is 5.95. The maximum Gasteiger partial charge on any atom is 0.326 e. The highest BCUT2D eigenvalue weighted by Crippen LogP contribution is 2.45. The van der Waals surface area contributed by atoms with Crippen LogP contribution in [-0.4, -0.2) is 46.6 Å². The molecule has 0 aromatic heterocycles. The molecule has 0 bridgehead atoms. The number of hydrogen-bond acceptors (Lipinski definition) is 8. The van der Waals surface area contributed by atoms with Crippen LogP contribution in [0.4, 0.5) is 5.69 Å². The third-order valence-electron chi connectivity index (χ3n) is 4.52. The molecule has 2 heterocycles. The van der Waals surface area contributed by atoms with Crippen molar-refractivity contribution in [2.24, 2.45) is 0 Å². The Morgan fingerprint density at radius 1 is 1.16 bits per heavy atom. The number of allylic oxidation sites excluding steroid dienone is 4. The van der Waals surface area contributed by atoms with E-state index in [2.05, 4.69) is 24.0 Å². The molecule has 0 atom stereocenters. The van der Waals surface area contributed by atoms with E-state index >= 15 is 0 Å². The van der Waals surface area contributed by atoms with Gasteiger partial charge in [0.05, 0.1) is 22.2 Å². The Labute approximate surface area is 195 Å². The summed E-state index contributed by atoms with van der Waals surface area (Å²) in [5.41, 5.74) is 1.42. The summed E-state index contributed by atoms with van der Waals surface area (Å²) in [6.07, 6.45) is 5.32. The van der Waals surface area contributed by atoms with Crippen molar-refractivity contribution in [2.45, 2.75) is 25.7 Å².